The van der Waals surface area contributed by atoms with Gasteiger partial charge in [0.2, 0.25) is 0 Å². The summed E-state index contributed by atoms with van der Waals surface area (Å²) in [5, 5.41) is 7.68. The maximum atomic E-state index is 12.8. The largest absolute Gasteiger partial charge is 0.321 e. The zero-order chi connectivity index (χ0) is 17.3. The van der Waals surface area contributed by atoms with Crippen LogP contribution in [-0.4, -0.2) is 4.98 Å². The number of aromatic amines is 1. The van der Waals surface area contributed by atoms with Gasteiger partial charge in [0.15, 0.2) is 0 Å². The maximum Gasteiger partial charge on any atom is 0.256 e. The summed E-state index contributed by atoms with van der Waals surface area (Å²) < 4.78 is 2.48. The number of nitrogens with one attached hydrogen (secondary N) is 1. The second-order valence-electron chi connectivity index (χ2n) is 6.60. The first-order valence-electron chi connectivity index (χ1n) is 8.59. The summed E-state index contributed by atoms with van der Waals surface area (Å²) in [5.74, 6) is 0. The number of pyridine rings is 1. The van der Waals surface area contributed by atoms with Crippen molar-refractivity contribution in [3.8, 4) is 0 Å². The van der Waals surface area contributed by atoms with Gasteiger partial charge >= 0.3 is 0 Å². The lowest BCUT2D eigenvalue weighted by atomic mass is 9.96. The molecule has 3 heteroatoms. The maximum absolute atomic E-state index is 12.8. The molecule has 26 heavy (non-hydrogen) atoms. The van der Waals surface area contributed by atoms with Crippen LogP contribution < -0.4 is 5.56 Å². The summed E-state index contributed by atoms with van der Waals surface area (Å²) in [5.41, 5.74) is 0.916. The third kappa shape index (κ3) is 1.68. The fourth-order valence-electron chi connectivity index (χ4n) is 4.13. The van der Waals surface area contributed by atoms with Crippen molar-refractivity contribution < 1.29 is 0 Å². The van der Waals surface area contributed by atoms with Gasteiger partial charge in [0.1, 0.15) is 0 Å². The number of hydrogen-bond donors (Lipinski definition) is 1. The van der Waals surface area contributed by atoms with Gasteiger partial charge in [-0.25, -0.2) is 0 Å². The Morgan fingerprint density at radius 2 is 1.19 bits per heavy atom. The van der Waals surface area contributed by atoms with Crippen molar-refractivity contribution >= 4 is 64.0 Å². The topological polar surface area (TPSA) is 32.9 Å². The molecule has 0 aliphatic heterocycles. The van der Waals surface area contributed by atoms with Crippen molar-refractivity contribution in [2.75, 3.05) is 0 Å². The molecule has 6 rings (SSSR count). The zero-order valence-corrected chi connectivity index (χ0v) is 14.6. The molecule has 0 fully saturated rings. The van der Waals surface area contributed by atoms with Crippen molar-refractivity contribution in [1.82, 2.24) is 4.98 Å². The van der Waals surface area contributed by atoms with Crippen LogP contribution in [0.2, 0.25) is 0 Å². The Balaban J connectivity index is 2.10. The van der Waals surface area contributed by atoms with E-state index in [2.05, 4.69) is 59.6 Å². The number of aromatic nitrogens is 1. The highest BCUT2D eigenvalue weighted by Crippen LogP contribution is 2.44. The van der Waals surface area contributed by atoms with E-state index in [0.717, 1.165) is 27.1 Å². The predicted molar refractivity (Wildman–Crippen MR) is 112 cm³/mol. The number of H-pyrrole nitrogens is 1. The van der Waals surface area contributed by atoms with Crippen LogP contribution in [0.15, 0.2) is 77.6 Å². The lowest BCUT2D eigenvalue weighted by Gasteiger charge is -2.10. The first-order valence-corrected chi connectivity index (χ1v) is 9.41. The molecule has 4 aromatic carbocycles. The molecule has 0 bridgehead atoms. The molecule has 0 saturated carbocycles. The molecule has 2 heterocycles. The third-order valence-corrected chi connectivity index (χ3v) is 6.42. The van der Waals surface area contributed by atoms with Gasteiger partial charge in [-0.1, -0.05) is 60.7 Å². The molecule has 0 saturated heterocycles. The Kier molecular flexibility index (Phi) is 2.66. The Morgan fingerprint density at radius 3 is 1.96 bits per heavy atom. The highest BCUT2D eigenvalue weighted by Gasteiger charge is 2.16. The van der Waals surface area contributed by atoms with Gasteiger partial charge in [-0.15, -0.1) is 11.3 Å². The van der Waals surface area contributed by atoms with E-state index in [4.69, 9.17) is 0 Å². The number of thiophene rings is 1. The Morgan fingerprint density at radius 1 is 0.615 bits per heavy atom. The highest BCUT2D eigenvalue weighted by atomic mass is 32.1. The molecular formula is C23H13NOS. The molecular weight excluding hydrogens is 338 g/mol. The summed E-state index contributed by atoms with van der Waals surface area (Å²) in [6, 6.07) is 24.8. The van der Waals surface area contributed by atoms with Gasteiger partial charge in [0.25, 0.3) is 5.56 Å². The van der Waals surface area contributed by atoms with Crippen LogP contribution in [0.1, 0.15) is 0 Å². The van der Waals surface area contributed by atoms with Crippen LogP contribution in [0.25, 0.3) is 52.6 Å². The summed E-state index contributed by atoms with van der Waals surface area (Å²) in [6.45, 7) is 0. The number of rotatable bonds is 0. The molecule has 0 aliphatic carbocycles. The van der Waals surface area contributed by atoms with Crippen LogP contribution in [0.3, 0.4) is 0 Å². The molecule has 122 valence electrons. The molecule has 0 atom stereocenters. The molecule has 6 aromatic rings. The summed E-state index contributed by atoms with van der Waals surface area (Å²) in [6.07, 6.45) is 0. The first-order chi connectivity index (χ1) is 12.8. The van der Waals surface area contributed by atoms with Crippen molar-refractivity contribution in [2.24, 2.45) is 0 Å². The average Bonchev–Trinajstić information content (AvgIpc) is 3.08. The smallest absolute Gasteiger partial charge is 0.256 e. The normalized spacial score (nSPS) is 12.0. The highest BCUT2D eigenvalue weighted by molar-refractivity contribution is 7.27. The lowest BCUT2D eigenvalue weighted by molar-refractivity contribution is 1.36. The van der Waals surface area contributed by atoms with Crippen molar-refractivity contribution in [3.05, 3.63) is 83.2 Å². The minimum Gasteiger partial charge on any atom is -0.321 e. The molecule has 0 aliphatic rings. The number of fused-ring (bicyclic) bond motifs is 10. The SMILES string of the molecule is O=c1[nH]c2c(c3ccccc13)c1ccccc1c1sc3ccccc3c21. The minimum absolute atomic E-state index is 0.0278. The van der Waals surface area contributed by atoms with Crippen LogP contribution in [0, 0.1) is 0 Å². The van der Waals surface area contributed by atoms with E-state index in [-0.39, 0.29) is 5.56 Å². The standard InChI is InChI=1S/C23H13NOS/c25-23-16-10-4-2-8-14(16)19-13-7-1-3-9-15(13)22-20(21(19)24-23)17-11-5-6-12-18(17)26-22/h1-12H,(H,24,25). The second kappa shape index (κ2) is 4.93. The molecule has 0 radical (unpaired) electrons. The van der Waals surface area contributed by atoms with Gasteiger partial charge in [0, 0.05) is 36.3 Å². The Bertz CT molecular complexity index is 1560. The van der Waals surface area contributed by atoms with Gasteiger partial charge in [-0.3, -0.25) is 4.79 Å². The monoisotopic (exact) mass is 351 g/mol. The van der Waals surface area contributed by atoms with Crippen LogP contribution >= 0.6 is 11.3 Å². The summed E-state index contributed by atoms with van der Waals surface area (Å²) in [4.78, 5) is 16.0. The van der Waals surface area contributed by atoms with E-state index in [9.17, 15) is 4.79 Å². The van der Waals surface area contributed by atoms with Gasteiger partial charge in [0.05, 0.1) is 5.52 Å². The van der Waals surface area contributed by atoms with Crippen LogP contribution in [0.5, 0.6) is 0 Å². The van der Waals surface area contributed by atoms with Crippen molar-refractivity contribution in [2.45, 2.75) is 0 Å². The van der Waals surface area contributed by atoms with E-state index in [0.29, 0.717) is 0 Å². The van der Waals surface area contributed by atoms with Crippen molar-refractivity contribution in [1.29, 1.82) is 0 Å². The minimum atomic E-state index is -0.0278. The first kappa shape index (κ1) is 14.0. The predicted octanol–water partition coefficient (Wildman–Crippen LogP) is 6.20. The molecule has 0 spiro atoms. The van der Waals surface area contributed by atoms with E-state index in [1.165, 1.54) is 25.6 Å². The van der Waals surface area contributed by atoms with E-state index >= 15 is 0 Å². The lowest BCUT2D eigenvalue weighted by Crippen LogP contribution is -2.06. The number of benzene rings is 4. The Labute approximate surface area is 152 Å². The summed E-state index contributed by atoms with van der Waals surface area (Å²) in [7, 11) is 0. The molecule has 1 N–H and O–H groups in total. The van der Waals surface area contributed by atoms with Crippen molar-refractivity contribution in [3.63, 3.8) is 0 Å². The third-order valence-electron chi connectivity index (χ3n) is 5.22. The average molecular weight is 351 g/mol. The fraction of sp³-hybridized carbons (Fsp3) is 0. The van der Waals surface area contributed by atoms with Gasteiger partial charge in [-0.2, -0.15) is 0 Å². The Hall–Kier alpha value is -3.17. The molecule has 2 aromatic heterocycles. The number of hydrogen-bond acceptors (Lipinski definition) is 2. The zero-order valence-electron chi connectivity index (χ0n) is 13.7. The van der Waals surface area contributed by atoms with E-state index in [1.54, 1.807) is 11.3 Å². The van der Waals surface area contributed by atoms with Crippen LogP contribution in [0.4, 0.5) is 0 Å². The fourth-order valence-corrected chi connectivity index (χ4v) is 5.38. The summed E-state index contributed by atoms with van der Waals surface area (Å²) >= 11 is 1.80. The van der Waals surface area contributed by atoms with Gasteiger partial charge in [-0.05, 0) is 22.9 Å². The van der Waals surface area contributed by atoms with Crippen LogP contribution in [-0.2, 0) is 0 Å². The van der Waals surface area contributed by atoms with E-state index in [1.807, 2.05) is 18.2 Å². The van der Waals surface area contributed by atoms with Gasteiger partial charge < -0.3 is 4.98 Å². The molecule has 0 unspecified atom stereocenters. The second-order valence-corrected chi connectivity index (χ2v) is 7.65. The quantitative estimate of drug-likeness (QED) is 0.325. The molecule has 0 amide bonds. The van der Waals surface area contributed by atoms with E-state index < -0.39 is 0 Å². The molecule has 2 nitrogen and oxygen atoms in total.